The van der Waals surface area contributed by atoms with Gasteiger partial charge >= 0.3 is 0 Å². The smallest absolute Gasteiger partial charge is 0.246 e. The quantitative estimate of drug-likeness (QED) is 0.457. The molecule has 2 N–H and O–H groups in total. The van der Waals surface area contributed by atoms with Gasteiger partial charge in [-0.3, -0.25) is 14.4 Å². The Hall–Kier alpha value is -3.45. The van der Waals surface area contributed by atoms with E-state index in [-0.39, 0.29) is 23.8 Å². The van der Waals surface area contributed by atoms with Gasteiger partial charge in [-0.15, -0.1) is 0 Å². The predicted molar refractivity (Wildman–Crippen MR) is 158 cm³/mol. The fourth-order valence-corrected chi connectivity index (χ4v) is 7.37. The molecular weight excluding hydrogens is 514 g/mol. The Morgan fingerprint density at radius 2 is 1.76 bits per heavy atom. The summed E-state index contributed by atoms with van der Waals surface area (Å²) in [6.45, 7) is 6.82. The number of rotatable bonds is 8. The van der Waals surface area contributed by atoms with E-state index in [2.05, 4.69) is 31.4 Å². The monoisotopic (exact) mass is 555 g/mol. The number of fused-ring (bicyclic) bond motifs is 1. The Labute approximate surface area is 242 Å². The molecule has 4 aliphatic rings. The molecule has 7 nitrogen and oxygen atoms in total. The standard InChI is InChI=1S/C34H41N3O4/c1-21(2)24-13-15-25(16-14-24)35-31(38)28-27-17-19-34(41-27)29(28)33(40)37(20-18-23-10-5-4-6-11-23)30(34)32(39)36-26-12-8-7-9-22(26)3/h4-6,10-11,13-17,19,21-22,26-30H,7-9,12,18,20H2,1-3H3,(H,35,38)(H,36,39)/t22-,26-,27+,28-,29+,30+,34+/m0/s1. The Balaban J connectivity index is 1.28. The molecule has 2 saturated heterocycles. The highest BCUT2D eigenvalue weighted by Gasteiger charge is 2.72. The first-order valence-electron chi connectivity index (χ1n) is 15.2. The number of ether oxygens (including phenoxy) is 1. The minimum absolute atomic E-state index is 0.0771. The van der Waals surface area contributed by atoms with Gasteiger partial charge in [0.15, 0.2) is 0 Å². The van der Waals surface area contributed by atoms with Crippen molar-refractivity contribution in [2.45, 2.75) is 82.6 Å². The van der Waals surface area contributed by atoms with Gasteiger partial charge in [0.1, 0.15) is 11.6 Å². The highest BCUT2D eigenvalue weighted by molar-refractivity contribution is 6.02. The molecule has 1 spiro atoms. The van der Waals surface area contributed by atoms with Crippen molar-refractivity contribution in [3.63, 3.8) is 0 Å². The normalized spacial score (nSPS) is 31.9. The fraction of sp³-hybridized carbons (Fsp3) is 0.500. The number of hydrogen-bond donors (Lipinski definition) is 2. The fourth-order valence-electron chi connectivity index (χ4n) is 7.37. The lowest BCUT2D eigenvalue weighted by Gasteiger charge is -2.36. The third-order valence-corrected chi connectivity index (χ3v) is 9.69. The van der Waals surface area contributed by atoms with Crippen LogP contribution in [0.1, 0.15) is 63.5 Å². The molecule has 0 aromatic heterocycles. The lowest BCUT2D eigenvalue weighted by Crippen LogP contribution is -2.57. The molecule has 0 unspecified atom stereocenters. The lowest BCUT2D eigenvalue weighted by molar-refractivity contribution is -0.141. The van der Waals surface area contributed by atoms with Crippen molar-refractivity contribution >= 4 is 23.4 Å². The number of nitrogens with zero attached hydrogens (tertiary/aromatic N) is 1. The summed E-state index contributed by atoms with van der Waals surface area (Å²) in [5.74, 6) is -1.29. The number of carbonyl (C=O) groups is 3. The van der Waals surface area contributed by atoms with Gasteiger partial charge in [0.05, 0.1) is 17.9 Å². The van der Waals surface area contributed by atoms with Crippen molar-refractivity contribution in [2.24, 2.45) is 17.8 Å². The zero-order chi connectivity index (χ0) is 28.7. The van der Waals surface area contributed by atoms with Crippen LogP contribution in [0.5, 0.6) is 0 Å². The van der Waals surface area contributed by atoms with Crippen LogP contribution in [0.25, 0.3) is 0 Å². The largest absolute Gasteiger partial charge is 0.359 e. The summed E-state index contributed by atoms with van der Waals surface area (Å²) in [5.41, 5.74) is 1.82. The summed E-state index contributed by atoms with van der Waals surface area (Å²) in [4.78, 5) is 43.7. The van der Waals surface area contributed by atoms with Crippen LogP contribution in [0.3, 0.4) is 0 Å². The van der Waals surface area contributed by atoms with Gasteiger partial charge in [0.2, 0.25) is 17.7 Å². The first-order chi connectivity index (χ1) is 19.8. The third-order valence-electron chi connectivity index (χ3n) is 9.69. The summed E-state index contributed by atoms with van der Waals surface area (Å²) in [6, 6.07) is 17.1. The van der Waals surface area contributed by atoms with Gasteiger partial charge in [-0.2, -0.15) is 0 Å². The minimum Gasteiger partial charge on any atom is -0.359 e. The van der Waals surface area contributed by atoms with Crippen LogP contribution < -0.4 is 10.6 Å². The average molecular weight is 556 g/mol. The molecule has 3 amide bonds. The van der Waals surface area contributed by atoms with E-state index in [9.17, 15) is 14.4 Å². The van der Waals surface area contributed by atoms with Gasteiger partial charge in [-0.1, -0.05) is 88.2 Å². The Bertz CT molecular complexity index is 1320. The number of nitrogens with one attached hydrogen (secondary N) is 2. The highest BCUT2D eigenvalue weighted by Crippen LogP contribution is 2.55. The van der Waals surface area contributed by atoms with E-state index in [0.29, 0.717) is 30.5 Å². The van der Waals surface area contributed by atoms with E-state index in [1.54, 1.807) is 4.90 Å². The van der Waals surface area contributed by atoms with Gasteiger partial charge in [-0.25, -0.2) is 0 Å². The summed E-state index contributed by atoms with van der Waals surface area (Å²) in [7, 11) is 0. The Kier molecular flexibility index (Phi) is 7.49. The van der Waals surface area contributed by atoms with Crippen molar-refractivity contribution in [3.05, 3.63) is 77.9 Å². The van der Waals surface area contributed by atoms with E-state index in [4.69, 9.17) is 4.74 Å². The second-order valence-corrected chi connectivity index (χ2v) is 12.6. The van der Waals surface area contributed by atoms with Crippen molar-refractivity contribution in [2.75, 3.05) is 11.9 Å². The minimum atomic E-state index is -1.15. The van der Waals surface area contributed by atoms with E-state index >= 15 is 0 Å². The molecule has 6 rings (SSSR count). The number of likely N-dealkylation sites (tertiary alicyclic amines) is 1. The van der Waals surface area contributed by atoms with Gasteiger partial charge in [0.25, 0.3) is 0 Å². The zero-order valence-corrected chi connectivity index (χ0v) is 24.2. The van der Waals surface area contributed by atoms with Crippen LogP contribution in [0.4, 0.5) is 5.69 Å². The number of anilines is 1. The molecule has 2 bridgehead atoms. The number of carbonyl (C=O) groups excluding carboxylic acids is 3. The molecule has 1 aliphatic carbocycles. The molecule has 0 radical (unpaired) electrons. The summed E-state index contributed by atoms with van der Waals surface area (Å²) in [5, 5.41) is 6.33. The Morgan fingerprint density at radius 3 is 2.46 bits per heavy atom. The zero-order valence-electron chi connectivity index (χ0n) is 24.2. The molecule has 2 aromatic carbocycles. The topological polar surface area (TPSA) is 87.7 Å². The average Bonchev–Trinajstić information content (AvgIpc) is 3.61. The molecule has 7 heteroatoms. The van der Waals surface area contributed by atoms with Gasteiger partial charge in [-0.05, 0) is 54.4 Å². The van der Waals surface area contributed by atoms with Crippen LogP contribution in [-0.4, -0.2) is 53.0 Å². The first-order valence-corrected chi connectivity index (χ1v) is 15.2. The summed E-state index contributed by atoms with van der Waals surface area (Å²) in [6.07, 6.45) is 8.12. The molecule has 7 atom stereocenters. The maximum Gasteiger partial charge on any atom is 0.246 e. The molecule has 41 heavy (non-hydrogen) atoms. The first kappa shape index (κ1) is 27.7. The van der Waals surface area contributed by atoms with Crippen LogP contribution >= 0.6 is 0 Å². The predicted octanol–water partition coefficient (Wildman–Crippen LogP) is 4.84. The number of amides is 3. The van der Waals surface area contributed by atoms with E-state index in [0.717, 1.165) is 24.8 Å². The molecule has 3 fully saturated rings. The van der Waals surface area contributed by atoms with Crippen LogP contribution in [0.15, 0.2) is 66.7 Å². The van der Waals surface area contributed by atoms with Crippen molar-refractivity contribution in [3.8, 4) is 0 Å². The summed E-state index contributed by atoms with van der Waals surface area (Å²) < 4.78 is 6.51. The van der Waals surface area contributed by atoms with E-state index in [1.807, 2.05) is 66.7 Å². The lowest BCUT2D eigenvalue weighted by atomic mass is 9.74. The van der Waals surface area contributed by atoms with Crippen molar-refractivity contribution < 1.29 is 19.1 Å². The number of hydrogen-bond acceptors (Lipinski definition) is 4. The summed E-state index contributed by atoms with van der Waals surface area (Å²) >= 11 is 0. The second-order valence-electron chi connectivity index (χ2n) is 12.6. The van der Waals surface area contributed by atoms with Crippen molar-refractivity contribution in [1.29, 1.82) is 0 Å². The van der Waals surface area contributed by atoms with Crippen molar-refractivity contribution in [1.82, 2.24) is 10.2 Å². The van der Waals surface area contributed by atoms with E-state index in [1.165, 1.54) is 12.0 Å². The maximum absolute atomic E-state index is 14.2. The third kappa shape index (κ3) is 4.99. The van der Waals surface area contributed by atoms with Gasteiger partial charge < -0.3 is 20.3 Å². The van der Waals surface area contributed by atoms with Crippen LogP contribution in [0.2, 0.25) is 0 Å². The SMILES string of the molecule is CC(C)c1ccc(NC(=O)[C@H]2[C@H]3C=C[C@@]4(O3)[C@H]2C(=O)N(CCc2ccccc2)[C@@H]4C(=O)N[C@H]2CCCC[C@@H]2C)cc1. The second kappa shape index (κ2) is 11.1. The van der Waals surface area contributed by atoms with Crippen LogP contribution in [-0.2, 0) is 25.5 Å². The molecule has 216 valence electrons. The van der Waals surface area contributed by atoms with Crippen LogP contribution in [0, 0.1) is 17.8 Å². The molecular formula is C34H41N3O4. The van der Waals surface area contributed by atoms with Gasteiger partial charge in [0, 0.05) is 18.3 Å². The maximum atomic E-state index is 14.2. The molecule has 2 aromatic rings. The molecule has 1 saturated carbocycles. The van der Waals surface area contributed by atoms with E-state index < -0.39 is 29.6 Å². The molecule has 3 aliphatic heterocycles. The number of benzene rings is 2. The highest BCUT2D eigenvalue weighted by atomic mass is 16.5. The Morgan fingerprint density at radius 1 is 1.02 bits per heavy atom. The molecule has 3 heterocycles.